The molecule has 3 atom stereocenters. The van der Waals surface area contributed by atoms with Gasteiger partial charge in [-0.2, -0.15) is 0 Å². The number of esters is 1. The first-order valence-corrected chi connectivity index (χ1v) is 30.4. The van der Waals surface area contributed by atoms with E-state index in [1.165, 1.54) is 70.6 Å². The average molecular weight is 1010 g/mol. The number of likely N-dealkylation sites (N-methyl/N-ethyl adjacent to an activating group) is 1. The lowest BCUT2D eigenvalue weighted by Gasteiger charge is -2.30. The van der Waals surface area contributed by atoms with Gasteiger partial charge in [0.25, 0.3) is 7.82 Å². The van der Waals surface area contributed by atoms with Crippen LogP contribution < -0.4 is 10.2 Å². The zero-order valence-electron chi connectivity index (χ0n) is 46.7. The van der Waals surface area contributed by atoms with Crippen LogP contribution in [0.25, 0.3) is 0 Å². The van der Waals surface area contributed by atoms with Crippen molar-refractivity contribution >= 4 is 19.7 Å². The maximum Gasteiger partial charge on any atom is 0.306 e. The first-order chi connectivity index (χ1) is 34.4. The van der Waals surface area contributed by atoms with Crippen molar-refractivity contribution < 1.29 is 37.3 Å². The van der Waals surface area contributed by atoms with Gasteiger partial charge >= 0.3 is 5.97 Å². The number of allylic oxidation sites excluding steroid dienone is 13. The Bertz CT molecular complexity index is 1490. The largest absolute Gasteiger partial charge is 0.756 e. The number of unbranched alkanes of at least 4 members (excludes halogenated alkanes) is 23. The summed E-state index contributed by atoms with van der Waals surface area (Å²) < 4.78 is 30.2. The molecule has 9 nitrogen and oxygen atoms in total. The van der Waals surface area contributed by atoms with Gasteiger partial charge in [-0.25, -0.2) is 0 Å². The van der Waals surface area contributed by atoms with Crippen LogP contribution >= 0.6 is 7.82 Å². The van der Waals surface area contributed by atoms with Crippen molar-refractivity contribution in [3.63, 3.8) is 0 Å². The molecule has 0 aromatic rings. The molecule has 0 saturated heterocycles. The Balaban J connectivity index is 5.34. The highest BCUT2D eigenvalue weighted by atomic mass is 31.2. The highest BCUT2D eigenvalue weighted by Crippen LogP contribution is 2.38. The third-order valence-electron chi connectivity index (χ3n) is 12.3. The van der Waals surface area contributed by atoms with Crippen LogP contribution in [-0.4, -0.2) is 69.4 Å². The fraction of sp³-hybridized carbons (Fsp3) is 0.738. The summed E-state index contributed by atoms with van der Waals surface area (Å²) in [7, 11) is 1.16. The van der Waals surface area contributed by atoms with E-state index in [2.05, 4.69) is 99.0 Å². The smallest absolute Gasteiger partial charge is 0.306 e. The van der Waals surface area contributed by atoms with Crippen molar-refractivity contribution in [1.82, 2.24) is 5.32 Å². The number of carbonyl (C=O) groups is 2. The Morgan fingerprint density at radius 2 is 0.915 bits per heavy atom. The molecule has 10 heteroatoms. The molecular weight excluding hydrogens is 904 g/mol. The van der Waals surface area contributed by atoms with Crippen molar-refractivity contribution in [3.05, 3.63) is 85.1 Å². The van der Waals surface area contributed by atoms with Gasteiger partial charge in [0.05, 0.1) is 33.8 Å². The molecule has 71 heavy (non-hydrogen) atoms. The van der Waals surface area contributed by atoms with Gasteiger partial charge in [0.1, 0.15) is 19.3 Å². The molecule has 0 aliphatic rings. The second-order valence-corrected chi connectivity index (χ2v) is 21.8. The molecule has 0 aliphatic carbocycles. The van der Waals surface area contributed by atoms with Crippen molar-refractivity contribution in [2.45, 2.75) is 251 Å². The number of rotatable bonds is 51. The second kappa shape index (κ2) is 50.7. The number of carbonyl (C=O) groups excluding carboxylic acids is 2. The molecule has 0 saturated carbocycles. The van der Waals surface area contributed by atoms with Crippen LogP contribution in [0.1, 0.15) is 239 Å². The number of phosphoric acid groups is 1. The molecule has 0 spiro atoms. The summed E-state index contributed by atoms with van der Waals surface area (Å²) in [5, 5.41) is 3.01. The topological polar surface area (TPSA) is 114 Å². The number of phosphoric ester groups is 1. The van der Waals surface area contributed by atoms with Gasteiger partial charge in [-0.3, -0.25) is 14.2 Å². The number of nitrogens with zero attached hydrogens (tertiary/aromatic N) is 1. The standard InChI is InChI=1S/C61H109N2O7P/c1-7-10-13-16-19-22-25-27-28-29-30-31-32-33-34-36-39-41-44-47-50-53-60(64)62-58(57-69-71(66,67)68-56-55-63(4,5)6)59(52-49-46-43-40-38-35-26-23-20-17-14-11-8-2)70-61(65)54-51-48-45-42-37-24-21-18-15-12-9-3/h10,13,18-19,21-22,27-28,30-31,33-34,49,52,58-59H,7-9,11-12,14-17,20,23-26,29,32,35-48,50-51,53-57H2,1-6H3,(H-,62,64,66,67)/b13-10-,21-18-,22-19-,28-27-,31-30-,34-33-,52-49+. The molecule has 3 unspecified atom stereocenters. The highest BCUT2D eigenvalue weighted by molar-refractivity contribution is 7.45. The Kier molecular flexibility index (Phi) is 48.7. The van der Waals surface area contributed by atoms with E-state index in [1.807, 2.05) is 33.3 Å². The third-order valence-corrected chi connectivity index (χ3v) is 13.3. The lowest BCUT2D eigenvalue weighted by molar-refractivity contribution is -0.870. The molecule has 0 aromatic carbocycles. The number of amides is 1. The average Bonchev–Trinajstić information content (AvgIpc) is 3.33. The van der Waals surface area contributed by atoms with Crippen LogP contribution in [0, 0.1) is 0 Å². The normalized spacial score (nSPS) is 14.4. The maximum atomic E-state index is 13.5. The summed E-state index contributed by atoms with van der Waals surface area (Å²) in [5.74, 6) is -0.578. The van der Waals surface area contributed by atoms with Gasteiger partial charge in [0.2, 0.25) is 5.91 Å². The van der Waals surface area contributed by atoms with Crippen LogP contribution in [0.2, 0.25) is 0 Å². The first-order valence-electron chi connectivity index (χ1n) is 28.9. The molecule has 1 amide bonds. The maximum absolute atomic E-state index is 13.5. The lowest BCUT2D eigenvalue weighted by Crippen LogP contribution is -2.47. The van der Waals surface area contributed by atoms with Crippen molar-refractivity contribution in [1.29, 1.82) is 0 Å². The van der Waals surface area contributed by atoms with E-state index in [0.717, 1.165) is 122 Å². The second-order valence-electron chi connectivity index (χ2n) is 20.4. The van der Waals surface area contributed by atoms with Gasteiger partial charge in [-0.15, -0.1) is 0 Å². The fourth-order valence-electron chi connectivity index (χ4n) is 7.82. The van der Waals surface area contributed by atoms with E-state index in [-0.39, 0.29) is 31.3 Å². The fourth-order valence-corrected chi connectivity index (χ4v) is 8.55. The number of nitrogens with one attached hydrogen (secondary N) is 1. The van der Waals surface area contributed by atoms with Gasteiger partial charge in [0.15, 0.2) is 0 Å². The molecule has 410 valence electrons. The van der Waals surface area contributed by atoms with Crippen LogP contribution in [-0.2, 0) is 27.9 Å². The molecule has 0 aromatic heterocycles. The Labute approximate surface area is 437 Å². The van der Waals surface area contributed by atoms with E-state index in [1.54, 1.807) is 0 Å². The SMILES string of the molecule is CC/C=C\C/C=C\C/C=C\C/C=C\C/C=C\CCCCCCCC(=O)NC(COP(=O)([O-])OCC[N+](C)(C)C)C(/C=C/CCCCCCCCCCCCC)OC(=O)CCCCCCC/C=C\CCCC. The number of quaternary nitrogens is 1. The summed E-state index contributed by atoms with van der Waals surface area (Å²) in [6.07, 6.45) is 65.5. The number of hydrogen-bond acceptors (Lipinski definition) is 7. The third kappa shape index (κ3) is 51.9. The Morgan fingerprint density at radius 1 is 0.507 bits per heavy atom. The van der Waals surface area contributed by atoms with E-state index >= 15 is 0 Å². The minimum absolute atomic E-state index is 0.0312. The minimum atomic E-state index is -4.70. The van der Waals surface area contributed by atoms with Crippen LogP contribution in [0.3, 0.4) is 0 Å². The summed E-state index contributed by atoms with van der Waals surface area (Å²) >= 11 is 0. The Hall–Kier alpha value is -2.81. The van der Waals surface area contributed by atoms with E-state index in [4.69, 9.17) is 13.8 Å². The first kappa shape index (κ1) is 68.2. The van der Waals surface area contributed by atoms with E-state index in [0.29, 0.717) is 23.9 Å². The summed E-state index contributed by atoms with van der Waals surface area (Å²) in [4.78, 5) is 39.8. The summed E-state index contributed by atoms with van der Waals surface area (Å²) in [6, 6.07) is -0.904. The predicted octanol–water partition coefficient (Wildman–Crippen LogP) is 16.8. The quantitative estimate of drug-likeness (QED) is 0.0212. The van der Waals surface area contributed by atoms with Crippen LogP contribution in [0.5, 0.6) is 0 Å². The molecule has 0 heterocycles. The molecular formula is C61H109N2O7P. The van der Waals surface area contributed by atoms with Crippen LogP contribution in [0.4, 0.5) is 0 Å². The Morgan fingerprint density at radius 3 is 1.41 bits per heavy atom. The minimum Gasteiger partial charge on any atom is -0.756 e. The van der Waals surface area contributed by atoms with Gasteiger partial charge in [-0.1, -0.05) is 215 Å². The predicted molar refractivity (Wildman–Crippen MR) is 302 cm³/mol. The van der Waals surface area contributed by atoms with Gasteiger partial charge in [-0.05, 0) is 96.0 Å². The molecule has 0 radical (unpaired) electrons. The van der Waals surface area contributed by atoms with E-state index in [9.17, 15) is 19.0 Å². The van der Waals surface area contributed by atoms with E-state index < -0.39 is 26.6 Å². The lowest BCUT2D eigenvalue weighted by atomic mass is 10.0. The molecule has 0 aliphatic heterocycles. The summed E-state index contributed by atoms with van der Waals surface area (Å²) in [5.41, 5.74) is 0. The highest BCUT2D eigenvalue weighted by Gasteiger charge is 2.27. The summed E-state index contributed by atoms with van der Waals surface area (Å²) in [6.45, 7) is 6.66. The molecule has 0 rings (SSSR count). The zero-order chi connectivity index (χ0) is 52.2. The molecule has 0 bridgehead atoms. The van der Waals surface area contributed by atoms with Crippen molar-refractivity contribution in [3.8, 4) is 0 Å². The van der Waals surface area contributed by atoms with Gasteiger partial charge < -0.3 is 28.5 Å². The van der Waals surface area contributed by atoms with Gasteiger partial charge in [0, 0.05) is 12.8 Å². The molecule has 1 N–H and O–H groups in total. The monoisotopic (exact) mass is 1010 g/mol. The number of ether oxygens (including phenoxy) is 1. The van der Waals surface area contributed by atoms with Crippen LogP contribution in [0.15, 0.2) is 85.1 Å². The molecule has 0 fully saturated rings. The number of hydrogen-bond donors (Lipinski definition) is 1. The zero-order valence-corrected chi connectivity index (χ0v) is 47.5. The van der Waals surface area contributed by atoms with Crippen molar-refractivity contribution in [2.24, 2.45) is 0 Å². The van der Waals surface area contributed by atoms with Crippen molar-refractivity contribution in [2.75, 3.05) is 40.9 Å².